The summed E-state index contributed by atoms with van der Waals surface area (Å²) < 4.78 is 0. The van der Waals surface area contributed by atoms with Crippen molar-refractivity contribution in [2.24, 2.45) is 10.9 Å². The number of hydrogen-bond acceptors (Lipinski definition) is 4. The number of hydrogen-bond donors (Lipinski definition) is 2. The van der Waals surface area contributed by atoms with Crippen molar-refractivity contribution in [3.05, 3.63) is 0 Å². The molecule has 0 saturated carbocycles. The molecule has 0 radical (unpaired) electrons. The molecule has 1 atom stereocenters. The van der Waals surface area contributed by atoms with Gasteiger partial charge in [0.15, 0.2) is 0 Å². The van der Waals surface area contributed by atoms with Crippen LogP contribution in [-0.2, 0) is 9.59 Å². The third kappa shape index (κ3) is 11.6. The van der Waals surface area contributed by atoms with Gasteiger partial charge in [0.25, 0.3) is 0 Å². The van der Waals surface area contributed by atoms with Crippen LogP contribution in [-0.4, -0.2) is 33.9 Å². The van der Waals surface area contributed by atoms with Gasteiger partial charge in [0.1, 0.15) is 0 Å². The van der Waals surface area contributed by atoms with E-state index < -0.39 is 11.9 Å². The third-order valence-electron chi connectivity index (χ3n) is 2.95. The number of unbranched alkanes of at least 4 members (excludes halogenated alkanes) is 4. The number of carboxylic acid groups (broad SMARTS) is 2. The highest BCUT2D eigenvalue weighted by atomic mass is 32.1. The standard InChI is InChI=1S/C13H21NO4S/c15-12(16)7-5-3-1-2-4-6-11(13(17)18)8-9-14-10-19/h11H,1-9H2,(H,15,16)(H,17,18). The van der Waals surface area contributed by atoms with Gasteiger partial charge in [-0.05, 0) is 31.5 Å². The highest BCUT2D eigenvalue weighted by Crippen LogP contribution is 2.15. The van der Waals surface area contributed by atoms with E-state index in [-0.39, 0.29) is 12.3 Å². The Morgan fingerprint density at radius 3 is 2.26 bits per heavy atom. The monoisotopic (exact) mass is 287 g/mol. The number of thiocarbonyl (C=S) groups is 1. The summed E-state index contributed by atoms with van der Waals surface area (Å²) in [6.07, 6.45) is 5.69. The fourth-order valence-electron chi connectivity index (χ4n) is 1.85. The van der Waals surface area contributed by atoms with Crippen LogP contribution in [0.1, 0.15) is 51.4 Å². The number of isothiocyanates is 1. The lowest BCUT2D eigenvalue weighted by molar-refractivity contribution is -0.142. The first-order chi connectivity index (χ1) is 9.07. The fourth-order valence-corrected chi connectivity index (χ4v) is 1.95. The molecule has 1 unspecified atom stereocenters. The lowest BCUT2D eigenvalue weighted by Gasteiger charge is -2.10. The molecule has 5 nitrogen and oxygen atoms in total. The Hall–Kier alpha value is -1.26. The van der Waals surface area contributed by atoms with E-state index in [2.05, 4.69) is 22.4 Å². The molecule has 0 heterocycles. The molecule has 0 rings (SSSR count). The van der Waals surface area contributed by atoms with Crippen LogP contribution in [0.2, 0.25) is 0 Å². The predicted molar refractivity (Wildman–Crippen MR) is 75.6 cm³/mol. The summed E-state index contributed by atoms with van der Waals surface area (Å²) in [7, 11) is 0. The average molecular weight is 287 g/mol. The van der Waals surface area contributed by atoms with Gasteiger partial charge in [0.2, 0.25) is 0 Å². The minimum absolute atomic E-state index is 0.216. The largest absolute Gasteiger partial charge is 0.481 e. The lowest BCUT2D eigenvalue weighted by atomic mass is 9.97. The van der Waals surface area contributed by atoms with E-state index in [4.69, 9.17) is 10.2 Å². The summed E-state index contributed by atoms with van der Waals surface area (Å²) in [5.74, 6) is -1.92. The van der Waals surface area contributed by atoms with Crippen LogP contribution in [0.15, 0.2) is 4.99 Å². The van der Waals surface area contributed by atoms with E-state index in [1.165, 1.54) is 0 Å². The molecule has 0 aliphatic carbocycles. The van der Waals surface area contributed by atoms with Crippen LogP contribution in [0, 0.1) is 5.92 Å². The van der Waals surface area contributed by atoms with E-state index in [0.717, 1.165) is 25.7 Å². The van der Waals surface area contributed by atoms with Crippen LogP contribution < -0.4 is 0 Å². The average Bonchev–Trinajstić information content (AvgIpc) is 2.34. The molecule has 0 amide bonds. The number of rotatable bonds is 12. The maximum absolute atomic E-state index is 11.0. The van der Waals surface area contributed by atoms with Crippen molar-refractivity contribution in [2.75, 3.05) is 6.54 Å². The van der Waals surface area contributed by atoms with Crippen LogP contribution in [0.25, 0.3) is 0 Å². The van der Waals surface area contributed by atoms with Crippen molar-refractivity contribution in [2.45, 2.75) is 51.4 Å². The fraction of sp³-hybridized carbons (Fsp3) is 0.769. The summed E-state index contributed by atoms with van der Waals surface area (Å²) in [4.78, 5) is 25.0. The highest BCUT2D eigenvalue weighted by molar-refractivity contribution is 7.78. The van der Waals surface area contributed by atoms with Gasteiger partial charge in [-0.3, -0.25) is 9.59 Å². The molecule has 0 fully saturated rings. The Morgan fingerprint density at radius 2 is 1.68 bits per heavy atom. The van der Waals surface area contributed by atoms with Crippen LogP contribution in [0.5, 0.6) is 0 Å². The second-order valence-electron chi connectivity index (χ2n) is 4.50. The van der Waals surface area contributed by atoms with Crippen molar-refractivity contribution in [3.63, 3.8) is 0 Å². The summed E-state index contributed by atoms with van der Waals surface area (Å²) in [6.45, 7) is 0.416. The van der Waals surface area contributed by atoms with E-state index >= 15 is 0 Å². The molecule has 0 aliphatic rings. The lowest BCUT2D eigenvalue weighted by Crippen LogP contribution is -2.14. The summed E-state index contributed by atoms with van der Waals surface area (Å²) in [6, 6.07) is 0. The minimum Gasteiger partial charge on any atom is -0.481 e. The van der Waals surface area contributed by atoms with E-state index in [9.17, 15) is 9.59 Å². The van der Waals surface area contributed by atoms with Gasteiger partial charge in [0.05, 0.1) is 17.6 Å². The number of nitrogens with zero attached hydrogens (tertiary/aromatic N) is 1. The molecule has 0 spiro atoms. The number of carbonyl (C=O) groups is 2. The second-order valence-corrected chi connectivity index (χ2v) is 4.68. The molecule has 0 bridgehead atoms. The molecular formula is C13H21NO4S. The number of aliphatic carboxylic acids is 2. The van der Waals surface area contributed by atoms with Gasteiger partial charge in [-0.1, -0.05) is 25.7 Å². The van der Waals surface area contributed by atoms with Gasteiger partial charge in [-0.25, -0.2) is 4.99 Å². The van der Waals surface area contributed by atoms with Gasteiger partial charge in [0, 0.05) is 6.42 Å². The van der Waals surface area contributed by atoms with Gasteiger partial charge < -0.3 is 10.2 Å². The molecule has 0 aromatic rings. The van der Waals surface area contributed by atoms with Crippen molar-refractivity contribution in [1.82, 2.24) is 0 Å². The molecular weight excluding hydrogens is 266 g/mol. The first-order valence-corrected chi connectivity index (χ1v) is 6.97. The Bertz CT molecular complexity index is 327. The van der Waals surface area contributed by atoms with Gasteiger partial charge in [-0.2, -0.15) is 0 Å². The zero-order chi connectivity index (χ0) is 14.5. The van der Waals surface area contributed by atoms with Crippen LogP contribution in [0.4, 0.5) is 0 Å². The van der Waals surface area contributed by atoms with Gasteiger partial charge >= 0.3 is 11.9 Å². The molecule has 0 saturated heterocycles. The van der Waals surface area contributed by atoms with E-state index in [1.54, 1.807) is 0 Å². The Balaban J connectivity index is 3.61. The second kappa shape index (κ2) is 11.8. The highest BCUT2D eigenvalue weighted by Gasteiger charge is 2.15. The zero-order valence-electron chi connectivity index (χ0n) is 11.0. The van der Waals surface area contributed by atoms with Gasteiger partial charge in [-0.15, -0.1) is 0 Å². The molecule has 0 aliphatic heterocycles. The molecule has 108 valence electrons. The predicted octanol–water partition coefficient (Wildman–Crippen LogP) is 3.00. The van der Waals surface area contributed by atoms with Crippen molar-refractivity contribution in [3.8, 4) is 0 Å². The summed E-state index contributed by atoms with van der Waals surface area (Å²) >= 11 is 4.43. The van der Waals surface area contributed by atoms with E-state index in [0.29, 0.717) is 25.8 Å². The quantitative estimate of drug-likeness (QED) is 0.327. The zero-order valence-corrected chi connectivity index (χ0v) is 11.8. The molecule has 0 aromatic heterocycles. The SMILES string of the molecule is O=C(O)CCCCCCCC(CCN=C=S)C(=O)O. The number of aliphatic imine (C=N–C) groups is 1. The smallest absolute Gasteiger partial charge is 0.306 e. The van der Waals surface area contributed by atoms with Crippen molar-refractivity contribution >= 4 is 29.3 Å². The van der Waals surface area contributed by atoms with E-state index in [1.807, 2.05) is 0 Å². The Labute approximate surface area is 118 Å². The maximum Gasteiger partial charge on any atom is 0.306 e. The minimum atomic E-state index is -0.787. The summed E-state index contributed by atoms with van der Waals surface area (Å²) in [5, 5.41) is 19.7. The molecule has 0 aromatic carbocycles. The normalized spacial score (nSPS) is 11.6. The van der Waals surface area contributed by atoms with Crippen LogP contribution in [0.3, 0.4) is 0 Å². The first-order valence-electron chi connectivity index (χ1n) is 6.56. The van der Waals surface area contributed by atoms with Crippen molar-refractivity contribution < 1.29 is 19.8 Å². The Morgan fingerprint density at radius 1 is 1.05 bits per heavy atom. The summed E-state index contributed by atoms with van der Waals surface area (Å²) in [5.41, 5.74) is 0. The molecule has 6 heteroatoms. The third-order valence-corrected chi connectivity index (χ3v) is 3.08. The molecule has 19 heavy (non-hydrogen) atoms. The number of carboxylic acids is 2. The topological polar surface area (TPSA) is 87.0 Å². The Kier molecular flexibility index (Phi) is 11.0. The molecule has 2 N–H and O–H groups in total. The van der Waals surface area contributed by atoms with Crippen LogP contribution >= 0.6 is 12.2 Å². The first kappa shape index (κ1) is 17.7. The maximum atomic E-state index is 11.0. The van der Waals surface area contributed by atoms with Crippen molar-refractivity contribution in [1.29, 1.82) is 0 Å².